The standard InChI is InChI=1S/C24H27N5O5/c30-21(15-18-17-3-1-2-4-19(17)34-26-18)27-8-5-24(6-9-27)23-25-7-10-29(23)16-20(33-24)22(31)28-11-13-32-14-12-28/h1-4,7,10,20H,5-6,8-9,11-16H2. The molecule has 2 aromatic heterocycles. The lowest BCUT2D eigenvalue weighted by Gasteiger charge is -2.46. The molecule has 0 bridgehead atoms. The largest absolute Gasteiger partial charge is 0.378 e. The Morgan fingerprint density at radius 1 is 1.06 bits per heavy atom. The van der Waals surface area contributed by atoms with Crippen molar-refractivity contribution in [3.63, 3.8) is 0 Å². The summed E-state index contributed by atoms with van der Waals surface area (Å²) in [5.41, 5.74) is 0.661. The van der Waals surface area contributed by atoms with Gasteiger partial charge in [-0.05, 0) is 12.1 Å². The number of nitrogens with zero attached hydrogens (tertiary/aromatic N) is 5. The SMILES string of the molecule is O=C(Cc1noc2ccccc12)N1CCC2(CC1)OC(C(=O)N1CCOCC1)Cn1ccnc12. The topological polar surface area (TPSA) is 103 Å². The monoisotopic (exact) mass is 465 g/mol. The maximum Gasteiger partial charge on any atom is 0.253 e. The number of amides is 2. The van der Waals surface area contributed by atoms with E-state index in [9.17, 15) is 9.59 Å². The predicted octanol–water partition coefficient (Wildman–Crippen LogP) is 1.34. The van der Waals surface area contributed by atoms with Gasteiger partial charge in [0.05, 0.1) is 26.2 Å². The average Bonchev–Trinajstić information content (AvgIpc) is 3.52. The Balaban J connectivity index is 1.16. The van der Waals surface area contributed by atoms with Crippen LogP contribution >= 0.6 is 0 Å². The van der Waals surface area contributed by atoms with Crippen LogP contribution in [0.3, 0.4) is 0 Å². The molecular weight excluding hydrogens is 438 g/mol. The fraction of sp³-hybridized carbons (Fsp3) is 0.500. The number of hydrogen-bond acceptors (Lipinski definition) is 7. The number of hydrogen-bond donors (Lipinski definition) is 0. The molecule has 10 nitrogen and oxygen atoms in total. The third kappa shape index (κ3) is 3.67. The molecule has 10 heteroatoms. The van der Waals surface area contributed by atoms with Crippen LogP contribution in [0, 0.1) is 0 Å². The molecule has 1 atom stereocenters. The van der Waals surface area contributed by atoms with Crippen LogP contribution in [0.4, 0.5) is 0 Å². The molecule has 0 radical (unpaired) electrons. The van der Waals surface area contributed by atoms with Crippen molar-refractivity contribution in [3.8, 4) is 0 Å². The number of likely N-dealkylation sites (tertiary alicyclic amines) is 1. The molecule has 3 aliphatic heterocycles. The van der Waals surface area contributed by atoms with Crippen molar-refractivity contribution < 1.29 is 23.6 Å². The molecule has 2 saturated heterocycles. The Morgan fingerprint density at radius 2 is 1.85 bits per heavy atom. The van der Waals surface area contributed by atoms with Gasteiger partial charge in [0.15, 0.2) is 11.7 Å². The third-order valence-corrected chi connectivity index (χ3v) is 7.15. The second-order valence-electron chi connectivity index (χ2n) is 9.12. The maximum atomic E-state index is 13.2. The first-order valence-corrected chi connectivity index (χ1v) is 11.8. The van der Waals surface area contributed by atoms with Gasteiger partial charge in [-0.1, -0.05) is 17.3 Å². The normalized spacial score (nSPS) is 22.2. The number of morpholine rings is 1. The molecule has 3 aliphatic rings. The highest BCUT2D eigenvalue weighted by molar-refractivity contribution is 5.86. The van der Waals surface area contributed by atoms with E-state index in [1.165, 1.54) is 0 Å². The van der Waals surface area contributed by atoms with Crippen LogP contribution in [-0.4, -0.2) is 81.8 Å². The first kappa shape index (κ1) is 21.3. The van der Waals surface area contributed by atoms with E-state index in [0.717, 1.165) is 11.2 Å². The Labute approximate surface area is 196 Å². The Kier molecular flexibility index (Phi) is 5.34. The van der Waals surface area contributed by atoms with Gasteiger partial charge in [0.25, 0.3) is 5.91 Å². The van der Waals surface area contributed by atoms with Gasteiger partial charge in [-0.3, -0.25) is 9.59 Å². The summed E-state index contributed by atoms with van der Waals surface area (Å²) in [7, 11) is 0. The molecule has 0 aliphatic carbocycles. The smallest absolute Gasteiger partial charge is 0.253 e. The highest BCUT2D eigenvalue weighted by Crippen LogP contribution is 2.40. The molecule has 178 valence electrons. The van der Waals surface area contributed by atoms with Crippen molar-refractivity contribution in [2.75, 3.05) is 39.4 Å². The number of para-hydroxylation sites is 1. The minimum atomic E-state index is -0.675. The highest BCUT2D eigenvalue weighted by Gasteiger charge is 2.48. The number of aromatic nitrogens is 3. The molecule has 0 saturated carbocycles. The Hall–Kier alpha value is -3.24. The quantitative estimate of drug-likeness (QED) is 0.575. The van der Waals surface area contributed by atoms with E-state index in [0.29, 0.717) is 70.1 Å². The van der Waals surface area contributed by atoms with Gasteiger partial charge >= 0.3 is 0 Å². The number of benzene rings is 1. The van der Waals surface area contributed by atoms with Crippen molar-refractivity contribution in [2.45, 2.75) is 37.5 Å². The van der Waals surface area contributed by atoms with Crippen LogP contribution in [0.15, 0.2) is 41.2 Å². The first-order chi connectivity index (χ1) is 16.6. The zero-order chi connectivity index (χ0) is 23.1. The maximum absolute atomic E-state index is 13.2. The van der Waals surface area contributed by atoms with E-state index >= 15 is 0 Å². The number of fused-ring (bicyclic) bond motifs is 3. The summed E-state index contributed by atoms with van der Waals surface area (Å²) in [6, 6.07) is 7.56. The van der Waals surface area contributed by atoms with E-state index in [2.05, 4.69) is 10.1 Å². The van der Waals surface area contributed by atoms with Crippen LogP contribution in [0.25, 0.3) is 11.0 Å². The molecule has 2 amide bonds. The molecular formula is C24H27N5O5. The first-order valence-electron chi connectivity index (χ1n) is 11.8. The number of rotatable bonds is 3. The van der Waals surface area contributed by atoms with Gasteiger partial charge in [-0.2, -0.15) is 0 Å². The van der Waals surface area contributed by atoms with E-state index in [1.807, 2.05) is 44.8 Å². The molecule has 1 aromatic carbocycles. The van der Waals surface area contributed by atoms with Gasteiger partial charge in [-0.15, -0.1) is 0 Å². The van der Waals surface area contributed by atoms with Crippen LogP contribution in [-0.2, 0) is 37.6 Å². The van der Waals surface area contributed by atoms with E-state index in [-0.39, 0.29) is 18.2 Å². The summed E-state index contributed by atoms with van der Waals surface area (Å²) in [5, 5.41) is 4.97. The van der Waals surface area contributed by atoms with Crippen molar-refractivity contribution in [1.82, 2.24) is 24.5 Å². The summed E-state index contributed by atoms with van der Waals surface area (Å²) in [4.78, 5) is 34.5. The van der Waals surface area contributed by atoms with Gasteiger partial charge < -0.3 is 28.4 Å². The van der Waals surface area contributed by atoms with Crippen LogP contribution in [0.2, 0.25) is 0 Å². The number of carbonyl (C=O) groups is 2. The minimum Gasteiger partial charge on any atom is -0.378 e. The lowest BCUT2D eigenvalue weighted by atomic mass is 9.88. The van der Waals surface area contributed by atoms with Crippen molar-refractivity contribution >= 4 is 22.8 Å². The minimum absolute atomic E-state index is 0.00144. The van der Waals surface area contributed by atoms with Gasteiger partial charge in [-0.25, -0.2) is 4.98 Å². The van der Waals surface area contributed by atoms with Crippen molar-refractivity contribution in [1.29, 1.82) is 0 Å². The molecule has 6 rings (SSSR count). The fourth-order valence-electron chi connectivity index (χ4n) is 5.29. The zero-order valence-corrected chi connectivity index (χ0v) is 18.9. The lowest BCUT2D eigenvalue weighted by molar-refractivity contribution is -0.184. The van der Waals surface area contributed by atoms with Crippen molar-refractivity contribution in [2.24, 2.45) is 0 Å². The molecule has 2 fully saturated rings. The Bertz CT molecular complexity index is 1210. The average molecular weight is 466 g/mol. The highest BCUT2D eigenvalue weighted by atomic mass is 16.5. The van der Waals surface area contributed by atoms with Crippen LogP contribution in [0.1, 0.15) is 24.4 Å². The predicted molar refractivity (Wildman–Crippen MR) is 120 cm³/mol. The number of imidazole rings is 1. The van der Waals surface area contributed by atoms with Gasteiger partial charge in [0, 0.05) is 56.8 Å². The third-order valence-electron chi connectivity index (χ3n) is 7.15. The van der Waals surface area contributed by atoms with Crippen LogP contribution in [0.5, 0.6) is 0 Å². The number of piperidine rings is 1. The number of carbonyl (C=O) groups excluding carboxylic acids is 2. The van der Waals surface area contributed by atoms with E-state index in [4.69, 9.17) is 14.0 Å². The lowest BCUT2D eigenvalue weighted by Crippen LogP contribution is -2.56. The summed E-state index contributed by atoms with van der Waals surface area (Å²) >= 11 is 0. The summed E-state index contributed by atoms with van der Waals surface area (Å²) in [5.74, 6) is 0.848. The van der Waals surface area contributed by atoms with E-state index in [1.54, 1.807) is 6.20 Å². The molecule has 0 N–H and O–H groups in total. The molecule has 3 aromatic rings. The van der Waals surface area contributed by atoms with Crippen molar-refractivity contribution in [3.05, 3.63) is 48.2 Å². The Morgan fingerprint density at radius 3 is 2.68 bits per heavy atom. The summed E-state index contributed by atoms with van der Waals surface area (Å²) in [6.07, 6.45) is 4.47. The van der Waals surface area contributed by atoms with E-state index < -0.39 is 11.7 Å². The molecule has 34 heavy (non-hydrogen) atoms. The summed E-state index contributed by atoms with van der Waals surface area (Å²) in [6.45, 7) is 3.79. The second-order valence-corrected chi connectivity index (χ2v) is 9.12. The van der Waals surface area contributed by atoms with Gasteiger partial charge in [0.1, 0.15) is 17.1 Å². The fourth-order valence-corrected chi connectivity index (χ4v) is 5.29. The van der Waals surface area contributed by atoms with Crippen LogP contribution < -0.4 is 0 Å². The number of ether oxygens (including phenoxy) is 2. The summed E-state index contributed by atoms with van der Waals surface area (Å²) < 4.78 is 19.3. The molecule has 5 heterocycles. The molecule has 1 spiro atoms. The zero-order valence-electron chi connectivity index (χ0n) is 18.9. The van der Waals surface area contributed by atoms with Gasteiger partial charge in [0.2, 0.25) is 5.91 Å². The second kappa shape index (κ2) is 8.52. The molecule has 1 unspecified atom stereocenters.